The van der Waals surface area contributed by atoms with Crippen LogP contribution in [0, 0.1) is 0 Å². The van der Waals surface area contributed by atoms with E-state index in [4.69, 9.17) is 19.9 Å². The topological polar surface area (TPSA) is 96.2 Å². The molecule has 0 aliphatic rings. The highest BCUT2D eigenvalue weighted by Gasteiger charge is 2.25. The van der Waals surface area contributed by atoms with Gasteiger partial charge in [-0.05, 0) is 30.7 Å². The summed E-state index contributed by atoms with van der Waals surface area (Å²) in [6.45, 7) is 2.86. The number of anilines is 1. The lowest BCUT2D eigenvalue weighted by Crippen LogP contribution is -2.11. The highest BCUT2D eigenvalue weighted by Crippen LogP contribution is 2.29. The second-order valence-corrected chi connectivity index (χ2v) is 7.01. The highest BCUT2D eigenvalue weighted by atomic mass is 16.5. The first kappa shape index (κ1) is 19.0. The van der Waals surface area contributed by atoms with E-state index in [1.54, 1.807) is 10.8 Å². The van der Waals surface area contributed by atoms with Crippen LogP contribution in [0.4, 0.5) is 5.82 Å². The Bertz CT molecular complexity index is 1130. The summed E-state index contributed by atoms with van der Waals surface area (Å²) >= 11 is 0. The van der Waals surface area contributed by atoms with Crippen molar-refractivity contribution < 1.29 is 13.9 Å². The summed E-state index contributed by atoms with van der Waals surface area (Å²) in [4.78, 5) is 22.2. The van der Waals surface area contributed by atoms with Crippen molar-refractivity contribution in [2.75, 3.05) is 12.3 Å². The molecule has 0 aliphatic heterocycles. The maximum Gasteiger partial charge on any atom is 0.344 e. The van der Waals surface area contributed by atoms with Gasteiger partial charge in [0.25, 0.3) is 0 Å². The molecular weight excluding hydrogens is 368 g/mol. The van der Waals surface area contributed by atoms with Gasteiger partial charge in [0, 0.05) is 0 Å². The molecule has 0 radical (unpaired) electrons. The summed E-state index contributed by atoms with van der Waals surface area (Å²) in [7, 11) is 0. The number of carbonyl (C=O) groups is 1. The molecule has 29 heavy (non-hydrogen) atoms. The SMILES string of the molecule is CCCCCCOC(=O)c1c(N)n(Cc2ccco2)c2nc3ccccc3nc12. The normalized spacial score (nSPS) is 11.3. The van der Waals surface area contributed by atoms with Gasteiger partial charge >= 0.3 is 5.97 Å². The van der Waals surface area contributed by atoms with Gasteiger partial charge in [-0.2, -0.15) is 0 Å². The average molecular weight is 392 g/mol. The van der Waals surface area contributed by atoms with Gasteiger partial charge in [0.1, 0.15) is 22.7 Å². The maximum atomic E-state index is 12.9. The third-order valence-corrected chi connectivity index (χ3v) is 4.92. The van der Waals surface area contributed by atoms with Crippen LogP contribution in [0.2, 0.25) is 0 Å². The van der Waals surface area contributed by atoms with Gasteiger partial charge in [-0.1, -0.05) is 38.3 Å². The van der Waals surface area contributed by atoms with E-state index in [1.165, 1.54) is 0 Å². The minimum atomic E-state index is -0.466. The number of hydrogen-bond acceptors (Lipinski definition) is 6. The van der Waals surface area contributed by atoms with E-state index >= 15 is 0 Å². The molecule has 0 bridgehead atoms. The second-order valence-electron chi connectivity index (χ2n) is 7.01. The molecule has 0 fully saturated rings. The lowest BCUT2D eigenvalue weighted by atomic mass is 10.2. The zero-order valence-corrected chi connectivity index (χ0v) is 16.4. The molecule has 3 aromatic heterocycles. The zero-order chi connectivity index (χ0) is 20.2. The van der Waals surface area contributed by atoms with Gasteiger partial charge in [0.05, 0.1) is 30.4 Å². The Kier molecular flexibility index (Phi) is 5.46. The summed E-state index contributed by atoms with van der Waals surface area (Å²) in [6.07, 6.45) is 5.72. The molecule has 0 spiro atoms. The van der Waals surface area contributed by atoms with Gasteiger partial charge in [-0.15, -0.1) is 0 Å². The number of furan rings is 1. The number of para-hydroxylation sites is 2. The molecule has 4 aromatic rings. The molecule has 0 saturated heterocycles. The third kappa shape index (κ3) is 3.81. The molecule has 2 N–H and O–H groups in total. The smallest absolute Gasteiger partial charge is 0.344 e. The van der Waals surface area contributed by atoms with Crippen LogP contribution in [-0.2, 0) is 11.3 Å². The fourth-order valence-electron chi connectivity index (χ4n) is 3.40. The number of nitrogens with two attached hydrogens (primary N) is 1. The van der Waals surface area contributed by atoms with Crippen LogP contribution < -0.4 is 5.73 Å². The highest BCUT2D eigenvalue weighted by molar-refractivity contribution is 6.08. The molecule has 0 amide bonds. The van der Waals surface area contributed by atoms with Gasteiger partial charge in [0.2, 0.25) is 0 Å². The number of rotatable bonds is 8. The van der Waals surface area contributed by atoms with Gasteiger partial charge in [0.15, 0.2) is 5.65 Å². The number of fused-ring (bicyclic) bond motifs is 2. The predicted octanol–water partition coefficient (Wildman–Crippen LogP) is 4.55. The van der Waals surface area contributed by atoms with Crippen LogP contribution in [0.3, 0.4) is 0 Å². The summed E-state index contributed by atoms with van der Waals surface area (Å²) in [6, 6.07) is 11.2. The minimum Gasteiger partial charge on any atom is -0.467 e. The standard InChI is InChI=1S/C22H24N4O3/c1-2-3-4-7-12-29-22(27)18-19-21(25-17-11-6-5-10-16(17)24-19)26(20(18)23)14-15-9-8-13-28-15/h5-6,8-11,13H,2-4,7,12,14,23H2,1H3. The van der Waals surface area contributed by atoms with Crippen LogP contribution in [0.1, 0.15) is 48.7 Å². The molecule has 7 nitrogen and oxygen atoms in total. The van der Waals surface area contributed by atoms with Crippen molar-refractivity contribution in [2.24, 2.45) is 0 Å². The third-order valence-electron chi connectivity index (χ3n) is 4.92. The number of benzene rings is 1. The molecule has 150 valence electrons. The monoisotopic (exact) mass is 392 g/mol. The molecule has 0 aliphatic carbocycles. The first-order chi connectivity index (χ1) is 14.2. The Hall–Kier alpha value is -3.35. The predicted molar refractivity (Wildman–Crippen MR) is 112 cm³/mol. The minimum absolute atomic E-state index is 0.264. The number of ether oxygens (including phenoxy) is 1. The van der Waals surface area contributed by atoms with Crippen molar-refractivity contribution in [3.63, 3.8) is 0 Å². The average Bonchev–Trinajstić information content (AvgIpc) is 3.33. The van der Waals surface area contributed by atoms with Crippen LogP contribution in [-0.4, -0.2) is 27.1 Å². The fraction of sp³-hybridized carbons (Fsp3) is 0.318. The molecule has 3 heterocycles. The number of nitrogen functional groups attached to an aromatic ring is 1. The summed E-state index contributed by atoms with van der Waals surface area (Å²) in [5.41, 5.74) is 9.08. The van der Waals surface area contributed by atoms with E-state index in [2.05, 4.69) is 11.9 Å². The first-order valence-electron chi connectivity index (χ1n) is 9.93. The van der Waals surface area contributed by atoms with Crippen LogP contribution in [0.15, 0.2) is 47.1 Å². The molecule has 0 atom stereocenters. The zero-order valence-electron chi connectivity index (χ0n) is 16.4. The number of nitrogens with zero attached hydrogens (tertiary/aromatic N) is 3. The van der Waals surface area contributed by atoms with E-state index in [9.17, 15) is 4.79 Å². The Balaban J connectivity index is 1.74. The van der Waals surface area contributed by atoms with Crippen molar-refractivity contribution in [3.05, 3.63) is 54.0 Å². The number of esters is 1. The Morgan fingerprint density at radius 1 is 1.10 bits per heavy atom. The van der Waals surface area contributed by atoms with Gasteiger partial charge in [-0.25, -0.2) is 14.8 Å². The van der Waals surface area contributed by atoms with E-state index in [0.717, 1.165) is 31.2 Å². The lowest BCUT2D eigenvalue weighted by Gasteiger charge is -2.06. The van der Waals surface area contributed by atoms with E-state index < -0.39 is 5.97 Å². The van der Waals surface area contributed by atoms with Crippen LogP contribution >= 0.6 is 0 Å². The van der Waals surface area contributed by atoms with E-state index in [1.807, 2.05) is 36.4 Å². The maximum absolute atomic E-state index is 12.9. The van der Waals surface area contributed by atoms with E-state index in [0.29, 0.717) is 35.6 Å². The quantitative estimate of drug-likeness (QED) is 0.349. The molecule has 0 saturated carbocycles. The molecule has 1 aromatic carbocycles. The largest absolute Gasteiger partial charge is 0.467 e. The fourth-order valence-corrected chi connectivity index (χ4v) is 3.40. The number of aromatic nitrogens is 3. The molecule has 0 unspecified atom stereocenters. The Morgan fingerprint density at radius 2 is 1.90 bits per heavy atom. The Labute approximate surface area is 168 Å². The van der Waals surface area contributed by atoms with Crippen LogP contribution in [0.25, 0.3) is 22.2 Å². The lowest BCUT2D eigenvalue weighted by molar-refractivity contribution is 0.0501. The summed E-state index contributed by atoms with van der Waals surface area (Å²) < 4.78 is 12.7. The number of hydrogen-bond donors (Lipinski definition) is 1. The van der Waals surface area contributed by atoms with E-state index in [-0.39, 0.29) is 11.4 Å². The van der Waals surface area contributed by atoms with Crippen molar-refractivity contribution in [1.29, 1.82) is 0 Å². The summed E-state index contributed by atoms with van der Waals surface area (Å²) in [5.74, 6) is 0.528. The number of unbranched alkanes of at least 4 members (excludes halogenated alkanes) is 3. The molecular formula is C22H24N4O3. The van der Waals surface area contributed by atoms with Gasteiger partial charge in [-0.3, -0.25) is 0 Å². The van der Waals surface area contributed by atoms with Crippen molar-refractivity contribution in [2.45, 2.75) is 39.2 Å². The van der Waals surface area contributed by atoms with Gasteiger partial charge < -0.3 is 19.5 Å². The van der Waals surface area contributed by atoms with Crippen molar-refractivity contribution in [1.82, 2.24) is 14.5 Å². The van der Waals surface area contributed by atoms with Crippen LogP contribution in [0.5, 0.6) is 0 Å². The molecule has 4 rings (SSSR count). The van der Waals surface area contributed by atoms with Crippen molar-refractivity contribution in [3.8, 4) is 0 Å². The second kappa shape index (κ2) is 8.34. The summed E-state index contributed by atoms with van der Waals surface area (Å²) in [5, 5.41) is 0. The molecule has 7 heteroatoms. The Morgan fingerprint density at radius 3 is 2.62 bits per heavy atom. The van der Waals surface area contributed by atoms with Crippen molar-refractivity contribution >= 4 is 34.0 Å². The number of carbonyl (C=O) groups excluding carboxylic acids is 1. The first-order valence-corrected chi connectivity index (χ1v) is 9.93.